The van der Waals surface area contributed by atoms with E-state index in [0.29, 0.717) is 0 Å². The topological polar surface area (TPSA) is 4.93 Å². The molecule has 0 aromatic carbocycles. The van der Waals surface area contributed by atoms with Gasteiger partial charge in [0.25, 0.3) is 0 Å². The van der Waals surface area contributed by atoms with Crippen LogP contribution in [0.5, 0.6) is 0 Å². The molecule has 0 unspecified atom stereocenters. The van der Waals surface area contributed by atoms with Gasteiger partial charge >= 0.3 is 0 Å². The quantitative estimate of drug-likeness (QED) is 0.503. The zero-order valence-corrected chi connectivity index (χ0v) is 10.8. The van der Waals surface area contributed by atoms with Crippen LogP contribution in [0, 0.1) is 11.8 Å². The van der Waals surface area contributed by atoms with Gasteiger partial charge in [-0.25, -0.2) is 0 Å². The molecular formula is C15H23N. The second-order valence-electron chi connectivity index (χ2n) is 4.31. The summed E-state index contributed by atoms with van der Waals surface area (Å²) in [6.45, 7) is 4.14. The maximum Gasteiger partial charge on any atom is 0.0919 e. The van der Waals surface area contributed by atoms with E-state index in [2.05, 4.69) is 42.5 Å². The molecule has 0 aliphatic carbocycles. The molecular weight excluding hydrogens is 194 g/mol. The van der Waals surface area contributed by atoms with Crippen LogP contribution in [0.1, 0.15) is 57.3 Å². The third kappa shape index (κ3) is 3.77. The van der Waals surface area contributed by atoms with Crippen LogP contribution in [-0.4, -0.2) is 4.57 Å². The Kier molecular flexibility index (Phi) is 5.78. The van der Waals surface area contributed by atoms with E-state index in [1.54, 1.807) is 0 Å². The smallest absolute Gasteiger partial charge is 0.0919 e. The van der Waals surface area contributed by atoms with Crippen LogP contribution < -0.4 is 0 Å². The number of hydrogen-bond donors (Lipinski definition) is 0. The number of hydrogen-bond acceptors (Lipinski definition) is 0. The van der Waals surface area contributed by atoms with Crippen molar-refractivity contribution in [2.24, 2.45) is 7.05 Å². The molecule has 1 rings (SSSR count). The average molecular weight is 217 g/mol. The van der Waals surface area contributed by atoms with E-state index in [-0.39, 0.29) is 0 Å². The fraction of sp³-hybridized carbons (Fsp3) is 0.600. The van der Waals surface area contributed by atoms with Crippen molar-refractivity contribution in [1.82, 2.24) is 4.57 Å². The highest BCUT2D eigenvalue weighted by Gasteiger charge is 2.01. The van der Waals surface area contributed by atoms with E-state index in [1.165, 1.54) is 44.2 Å². The van der Waals surface area contributed by atoms with Crippen molar-refractivity contribution in [2.45, 2.75) is 52.4 Å². The lowest BCUT2D eigenvalue weighted by Gasteiger charge is -2.04. The molecule has 0 aliphatic rings. The highest BCUT2D eigenvalue weighted by Crippen LogP contribution is 2.11. The maximum absolute atomic E-state index is 3.12. The van der Waals surface area contributed by atoms with Gasteiger partial charge in [0.05, 0.1) is 5.69 Å². The predicted octanol–water partition coefficient (Wildman–Crippen LogP) is 3.91. The highest BCUT2D eigenvalue weighted by atomic mass is 14.9. The molecule has 16 heavy (non-hydrogen) atoms. The molecule has 0 saturated carbocycles. The SMILES string of the molecule is CC#Cc1ccc(CCCCCCC)n1C. The van der Waals surface area contributed by atoms with E-state index in [4.69, 9.17) is 0 Å². The second kappa shape index (κ2) is 7.17. The Hall–Kier alpha value is -1.16. The van der Waals surface area contributed by atoms with Crippen LogP contribution in [-0.2, 0) is 13.5 Å². The number of rotatable bonds is 6. The van der Waals surface area contributed by atoms with E-state index in [9.17, 15) is 0 Å². The molecule has 1 aromatic rings. The molecule has 0 amide bonds. The normalized spacial score (nSPS) is 9.94. The van der Waals surface area contributed by atoms with Crippen molar-refractivity contribution in [3.63, 3.8) is 0 Å². The van der Waals surface area contributed by atoms with Crippen molar-refractivity contribution in [3.8, 4) is 11.8 Å². The van der Waals surface area contributed by atoms with Crippen LogP contribution >= 0.6 is 0 Å². The third-order valence-electron chi connectivity index (χ3n) is 3.02. The molecule has 0 fully saturated rings. The van der Waals surface area contributed by atoms with Gasteiger partial charge in [0.15, 0.2) is 0 Å². The molecule has 0 atom stereocenters. The van der Waals surface area contributed by atoms with Gasteiger partial charge in [-0.2, -0.15) is 0 Å². The summed E-state index contributed by atoms with van der Waals surface area (Å²) in [7, 11) is 2.11. The summed E-state index contributed by atoms with van der Waals surface area (Å²) >= 11 is 0. The minimum atomic E-state index is 1.13. The lowest BCUT2D eigenvalue weighted by atomic mass is 10.1. The first kappa shape index (κ1) is 12.9. The Bertz CT molecular complexity index is 363. The summed E-state index contributed by atoms with van der Waals surface area (Å²) < 4.78 is 2.22. The Morgan fingerprint density at radius 3 is 2.56 bits per heavy atom. The molecule has 0 radical (unpaired) electrons. The second-order valence-corrected chi connectivity index (χ2v) is 4.31. The van der Waals surface area contributed by atoms with Crippen molar-refractivity contribution < 1.29 is 0 Å². The van der Waals surface area contributed by atoms with Gasteiger partial charge in [-0.05, 0) is 37.8 Å². The minimum absolute atomic E-state index is 1.13. The molecule has 1 heterocycles. The van der Waals surface area contributed by atoms with Crippen molar-refractivity contribution in [3.05, 3.63) is 23.5 Å². The first-order chi connectivity index (χ1) is 7.79. The lowest BCUT2D eigenvalue weighted by molar-refractivity contribution is 0.620. The van der Waals surface area contributed by atoms with E-state index in [1.807, 2.05) is 6.92 Å². The van der Waals surface area contributed by atoms with Gasteiger partial charge in [0.2, 0.25) is 0 Å². The van der Waals surface area contributed by atoms with Gasteiger partial charge in [-0.3, -0.25) is 0 Å². The summed E-state index contributed by atoms with van der Waals surface area (Å²) in [4.78, 5) is 0. The first-order valence-electron chi connectivity index (χ1n) is 6.37. The van der Waals surface area contributed by atoms with Crippen molar-refractivity contribution in [1.29, 1.82) is 0 Å². The summed E-state index contributed by atoms with van der Waals surface area (Å²) in [6, 6.07) is 4.33. The van der Waals surface area contributed by atoms with E-state index >= 15 is 0 Å². The predicted molar refractivity (Wildman–Crippen MR) is 70.4 cm³/mol. The fourth-order valence-corrected chi connectivity index (χ4v) is 1.97. The van der Waals surface area contributed by atoms with Crippen molar-refractivity contribution >= 4 is 0 Å². The van der Waals surface area contributed by atoms with Crippen LogP contribution in [0.3, 0.4) is 0 Å². The lowest BCUT2D eigenvalue weighted by Crippen LogP contribution is -1.98. The average Bonchev–Trinajstić information content (AvgIpc) is 2.62. The van der Waals surface area contributed by atoms with Crippen LogP contribution in [0.4, 0.5) is 0 Å². The largest absolute Gasteiger partial charge is 0.341 e. The summed E-state index contributed by atoms with van der Waals surface area (Å²) in [5, 5.41) is 0. The molecule has 0 spiro atoms. The number of aromatic nitrogens is 1. The Morgan fingerprint density at radius 1 is 1.12 bits per heavy atom. The monoisotopic (exact) mass is 217 g/mol. The summed E-state index contributed by atoms with van der Waals surface area (Å²) in [5.74, 6) is 6.07. The maximum atomic E-state index is 3.12. The van der Waals surface area contributed by atoms with Crippen LogP contribution in [0.2, 0.25) is 0 Å². The molecule has 1 nitrogen and oxygen atoms in total. The van der Waals surface area contributed by atoms with Gasteiger partial charge in [0.1, 0.15) is 0 Å². The molecule has 0 saturated heterocycles. The summed E-state index contributed by atoms with van der Waals surface area (Å²) in [5.41, 5.74) is 2.54. The van der Waals surface area contributed by atoms with Gasteiger partial charge in [-0.15, -0.1) is 0 Å². The van der Waals surface area contributed by atoms with Crippen molar-refractivity contribution in [2.75, 3.05) is 0 Å². The van der Waals surface area contributed by atoms with Gasteiger partial charge in [-0.1, -0.05) is 38.5 Å². The highest BCUT2D eigenvalue weighted by molar-refractivity contribution is 5.31. The van der Waals surface area contributed by atoms with Crippen LogP contribution in [0.25, 0.3) is 0 Å². The molecule has 1 aromatic heterocycles. The van der Waals surface area contributed by atoms with E-state index < -0.39 is 0 Å². The molecule has 88 valence electrons. The zero-order valence-electron chi connectivity index (χ0n) is 10.8. The first-order valence-corrected chi connectivity index (χ1v) is 6.37. The number of nitrogens with zero attached hydrogens (tertiary/aromatic N) is 1. The minimum Gasteiger partial charge on any atom is -0.341 e. The summed E-state index contributed by atoms with van der Waals surface area (Å²) in [6.07, 6.45) is 7.92. The van der Waals surface area contributed by atoms with Crippen LogP contribution in [0.15, 0.2) is 12.1 Å². The fourth-order valence-electron chi connectivity index (χ4n) is 1.97. The van der Waals surface area contributed by atoms with E-state index in [0.717, 1.165) is 5.69 Å². The Balaban J connectivity index is 2.39. The third-order valence-corrected chi connectivity index (χ3v) is 3.02. The molecule has 1 heteroatoms. The molecule has 0 N–H and O–H groups in total. The molecule has 0 bridgehead atoms. The Labute approximate surface area is 99.9 Å². The standard InChI is InChI=1S/C15H23N/c1-4-6-7-8-9-11-15-13-12-14(10-5-2)16(15)3/h12-13H,4,6-9,11H2,1-3H3. The Morgan fingerprint density at radius 2 is 1.88 bits per heavy atom. The van der Waals surface area contributed by atoms with Gasteiger partial charge < -0.3 is 4.57 Å². The number of unbranched alkanes of at least 4 members (excludes halogenated alkanes) is 4. The molecule has 0 aliphatic heterocycles. The number of aryl methyl sites for hydroxylation is 1. The van der Waals surface area contributed by atoms with Gasteiger partial charge in [0, 0.05) is 12.7 Å². The zero-order chi connectivity index (χ0) is 11.8.